The van der Waals surface area contributed by atoms with E-state index in [0.717, 1.165) is 25.7 Å². The highest BCUT2D eigenvalue weighted by atomic mass is 16.2. The fraction of sp³-hybridized carbons (Fsp3) is 0.938. The Labute approximate surface area is 119 Å². The minimum Gasteiger partial charge on any atom is -0.351 e. The third-order valence-corrected chi connectivity index (χ3v) is 3.18. The lowest BCUT2D eigenvalue weighted by Crippen LogP contribution is -2.47. The van der Waals surface area contributed by atoms with Gasteiger partial charge in [-0.1, -0.05) is 34.1 Å². The van der Waals surface area contributed by atoms with Crippen LogP contribution in [0.3, 0.4) is 0 Å². The van der Waals surface area contributed by atoms with Gasteiger partial charge in [-0.2, -0.15) is 0 Å². The quantitative estimate of drug-likeness (QED) is 0.744. The van der Waals surface area contributed by atoms with Crippen LogP contribution in [-0.2, 0) is 4.79 Å². The molecule has 0 aromatic carbocycles. The van der Waals surface area contributed by atoms with Crippen molar-refractivity contribution >= 4 is 5.91 Å². The molecule has 3 N–H and O–H groups in total. The molecule has 3 nitrogen and oxygen atoms in total. The van der Waals surface area contributed by atoms with Crippen LogP contribution in [0, 0.1) is 11.3 Å². The molecule has 114 valence electrons. The lowest BCUT2D eigenvalue weighted by Gasteiger charge is -2.34. The molecule has 0 aromatic rings. The van der Waals surface area contributed by atoms with Crippen molar-refractivity contribution in [2.24, 2.45) is 17.1 Å². The van der Waals surface area contributed by atoms with Crippen LogP contribution in [0.1, 0.15) is 74.1 Å². The molecule has 3 heteroatoms. The van der Waals surface area contributed by atoms with Gasteiger partial charge in [0.25, 0.3) is 0 Å². The molecule has 0 spiro atoms. The fourth-order valence-corrected chi connectivity index (χ4v) is 2.70. The second-order valence-electron chi connectivity index (χ2n) is 7.92. The average molecular weight is 270 g/mol. The number of hydrogen-bond acceptors (Lipinski definition) is 2. The summed E-state index contributed by atoms with van der Waals surface area (Å²) in [7, 11) is 0. The largest absolute Gasteiger partial charge is 0.351 e. The standard InChI is InChI=1S/C16H34N2O/c1-12(9-8-10-13(2)17)14(19)18-16(6,7)11-15(3,4)5/h12-13H,8-11,17H2,1-7H3,(H,18,19). The van der Waals surface area contributed by atoms with Gasteiger partial charge in [0.1, 0.15) is 0 Å². The molecule has 0 saturated carbocycles. The van der Waals surface area contributed by atoms with E-state index in [9.17, 15) is 4.79 Å². The molecule has 19 heavy (non-hydrogen) atoms. The van der Waals surface area contributed by atoms with Crippen LogP contribution in [0.5, 0.6) is 0 Å². The Balaban J connectivity index is 4.20. The van der Waals surface area contributed by atoms with Gasteiger partial charge >= 0.3 is 0 Å². The number of nitrogens with one attached hydrogen (secondary N) is 1. The third-order valence-electron chi connectivity index (χ3n) is 3.18. The molecule has 0 fully saturated rings. The number of rotatable bonds is 7. The maximum atomic E-state index is 12.2. The van der Waals surface area contributed by atoms with Crippen LogP contribution < -0.4 is 11.1 Å². The molecule has 0 radical (unpaired) electrons. The molecule has 0 saturated heterocycles. The van der Waals surface area contributed by atoms with Crippen LogP contribution >= 0.6 is 0 Å². The first-order valence-electron chi connectivity index (χ1n) is 7.50. The van der Waals surface area contributed by atoms with Gasteiger partial charge in [0, 0.05) is 17.5 Å². The minimum absolute atomic E-state index is 0.0676. The summed E-state index contributed by atoms with van der Waals surface area (Å²) in [6.45, 7) is 14.8. The maximum Gasteiger partial charge on any atom is 0.223 e. The van der Waals surface area contributed by atoms with Crippen molar-refractivity contribution in [2.45, 2.75) is 85.7 Å². The summed E-state index contributed by atoms with van der Waals surface area (Å²) in [6.07, 6.45) is 3.90. The topological polar surface area (TPSA) is 55.1 Å². The van der Waals surface area contributed by atoms with Crippen molar-refractivity contribution in [2.75, 3.05) is 0 Å². The lowest BCUT2D eigenvalue weighted by atomic mass is 9.81. The molecule has 0 heterocycles. The summed E-state index contributed by atoms with van der Waals surface area (Å²) in [4.78, 5) is 12.2. The van der Waals surface area contributed by atoms with Gasteiger partial charge in [0.2, 0.25) is 5.91 Å². The first-order chi connectivity index (χ1) is 8.43. The number of nitrogens with two attached hydrogens (primary N) is 1. The predicted octanol–water partition coefficient (Wildman–Crippen LogP) is 3.47. The van der Waals surface area contributed by atoms with Crippen molar-refractivity contribution in [3.63, 3.8) is 0 Å². The van der Waals surface area contributed by atoms with E-state index in [4.69, 9.17) is 5.73 Å². The zero-order valence-corrected chi connectivity index (χ0v) is 14.0. The first-order valence-corrected chi connectivity index (χ1v) is 7.50. The molecule has 1 amide bonds. The average Bonchev–Trinajstić information content (AvgIpc) is 2.11. The summed E-state index contributed by atoms with van der Waals surface area (Å²) >= 11 is 0. The van der Waals surface area contributed by atoms with Crippen LogP contribution in [0.15, 0.2) is 0 Å². The van der Waals surface area contributed by atoms with Gasteiger partial charge in [-0.25, -0.2) is 0 Å². The van der Waals surface area contributed by atoms with Crippen LogP contribution in [0.25, 0.3) is 0 Å². The van der Waals surface area contributed by atoms with Gasteiger partial charge < -0.3 is 11.1 Å². The third kappa shape index (κ3) is 9.94. The van der Waals surface area contributed by atoms with Crippen molar-refractivity contribution in [3.05, 3.63) is 0 Å². The summed E-state index contributed by atoms with van der Waals surface area (Å²) < 4.78 is 0. The molecule has 0 aromatic heterocycles. The SMILES string of the molecule is CC(N)CCCC(C)C(=O)NC(C)(C)CC(C)(C)C. The highest BCUT2D eigenvalue weighted by molar-refractivity contribution is 5.78. The smallest absolute Gasteiger partial charge is 0.223 e. The Hall–Kier alpha value is -0.570. The van der Waals surface area contributed by atoms with E-state index in [1.807, 2.05) is 13.8 Å². The fourth-order valence-electron chi connectivity index (χ4n) is 2.70. The summed E-state index contributed by atoms with van der Waals surface area (Å²) in [5.41, 5.74) is 5.79. The van der Waals surface area contributed by atoms with Crippen molar-refractivity contribution in [1.29, 1.82) is 0 Å². The van der Waals surface area contributed by atoms with Crippen LogP contribution in [0.4, 0.5) is 0 Å². The van der Waals surface area contributed by atoms with Crippen molar-refractivity contribution in [3.8, 4) is 0 Å². The Bertz CT molecular complexity index is 277. The molecule has 0 aliphatic heterocycles. The normalized spacial score (nSPS) is 16.0. The molecule has 0 bridgehead atoms. The molecule has 0 rings (SSSR count). The van der Waals surface area contributed by atoms with Crippen molar-refractivity contribution in [1.82, 2.24) is 5.32 Å². The van der Waals surface area contributed by atoms with Gasteiger partial charge in [-0.15, -0.1) is 0 Å². The monoisotopic (exact) mass is 270 g/mol. The highest BCUT2D eigenvalue weighted by Crippen LogP contribution is 2.27. The van der Waals surface area contributed by atoms with E-state index in [1.54, 1.807) is 0 Å². The Morgan fingerprint density at radius 2 is 1.63 bits per heavy atom. The van der Waals surface area contributed by atoms with E-state index >= 15 is 0 Å². The van der Waals surface area contributed by atoms with Gasteiger partial charge in [0.15, 0.2) is 0 Å². The Kier molecular flexibility index (Phi) is 7.06. The van der Waals surface area contributed by atoms with Crippen LogP contribution in [0.2, 0.25) is 0 Å². The summed E-state index contributed by atoms with van der Waals surface area (Å²) in [5, 5.41) is 3.18. The summed E-state index contributed by atoms with van der Waals surface area (Å²) in [6, 6.07) is 0.229. The summed E-state index contributed by atoms with van der Waals surface area (Å²) in [5.74, 6) is 0.233. The van der Waals surface area contributed by atoms with Gasteiger partial charge in [-0.05, 0) is 45.4 Å². The molecular weight excluding hydrogens is 236 g/mol. The Morgan fingerprint density at radius 1 is 1.11 bits per heavy atom. The maximum absolute atomic E-state index is 12.2. The predicted molar refractivity (Wildman–Crippen MR) is 83.0 cm³/mol. The second kappa shape index (κ2) is 7.28. The van der Waals surface area contributed by atoms with E-state index in [0.29, 0.717) is 0 Å². The zero-order chi connectivity index (χ0) is 15.3. The molecule has 2 atom stereocenters. The second-order valence-corrected chi connectivity index (χ2v) is 7.92. The van der Waals surface area contributed by atoms with E-state index < -0.39 is 0 Å². The molecule has 0 aliphatic rings. The van der Waals surface area contributed by atoms with Crippen molar-refractivity contribution < 1.29 is 4.79 Å². The van der Waals surface area contributed by atoms with E-state index in [-0.39, 0.29) is 28.8 Å². The number of amides is 1. The highest BCUT2D eigenvalue weighted by Gasteiger charge is 2.28. The Morgan fingerprint density at radius 3 is 2.05 bits per heavy atom. The van der Waals surface area contributed by atoms with Crippen LogP contribution in [-0.4, -0.2) is 17.5 Å². The number of carbonyl (C=O) groups is 1. The van der Waals surface area contributed by atoms with E-state index in [2.05, 4.69) is 39.9 Å². The van der Waals surface area contributed by atoms with Gasteiger partial charge in [0.05, 0.1) is 0 Å². The lowest BCUT2D eigenvalue weighted by molar-refractivity contribution is -0.126. The number of carbonyl (C=O) groups excluding carboxylic acids is 1. The zero-order valence-electron chi connectivity index (χ0n) is 14.0. The molecule has 2 unspecified atom stereocenters. The minimum atomic E-state index is -0.148. The van der Waals surface area contributed by atoms with Gasteiger partial charge in [-0.3, -0.25) is 4.79 Å². The van der Waals surface area contributed by atoms with E-state index in [1.165, 1.54) is 0 Å². The molecule has 0 aliphatic carbocycles. The molecular formula is C16H34N2O. The number of hydrogen-bond donors (Lipinski definition) is 2. The first kappa shape index (κ1) is 18.4.